The molecule has 0 aliphatic carbocycles. The number of ether oxygens (including phenoxy) is 1. The van der Waals surface area contributed by atoms with Gasteiger partial charge in [-0.05, 0) is 31.0 Å². The molecule has 0 radical (unpaired) electrons. The Morgan fingerprint density at radius 2 is 1.96 bits per heavy atom. The van der Waals surface area contributed by atoms with Gasteiger partial charge in [0.25, 0.3) is 5.91 Å². The summed E-state index contributed by atoms with van der Waals surface area (Å²) in [6, 6.07) is 6.45. The molecule has 0 saturated carbocycles. The molecule has 1 amide bonds. The Morgan fingerprint density at radius 3 is 2.69 bits per heavy atom. The Morgan fingerprint density at radius 1 is 1.19 bits per heavy atom. The lowest BCUT2D eigenvalue weighted by Gasteiger charge is -2.29. The second kappa shape index (κ2) is 6.76. The minimum absolute atomic E-state index is 0.00896. The number of hydrogen-bond donors (Lipinski definition) is 0. The quantitative estimate of drug-likeness (QED) is 0.846. The van der Waals surface area contributed by atoms with Crippen LogP contribution in [0.15, 0.2) is 22.7 Å². The van der Waals surface area contributed by atoms with Crippen LogP contribution in [0.4, 0.5) is 11.4 Å². The smallest absolute Gasteiger partial charge is 0.263 e. The van der Waals surface area contributed by atoms with Gasteiger partial charge in [-0.3, -0.25) is 4.79 Å². The van der Waals surface area contributed by atoms with Crippen molar-refractivity contribution < 1.29 is 14.1 Å². The van der Waals surface area contributed by atoms with Crippen LogP contribution in [0.25, 0.3) is 0 Å². The molecule has 1 saturated heterocycles. The summed E-state index contributed by atoms with van der Waals surface area (Å²) >= 11 is 0. The van der Waals surface area contributed by atoms with Crippen LogP contribution >= 0.6 is 0 Å². The molecule has 4 rings (SSSR count). The van der Waals surface area contributed by atoms with Crippen molar-refractivity contribution in [1.29, 1.82) is 0 Å². The Hall–Kier alpha value is -2.34. The summed E-state index contributed by atoms with van der Waals surface area (Å²) in [5.41, 5.74) is 4.66. The fourth-order valence-corrected chi connectivity index (χ4v) is 3.77. The molecule has 2 aromatic rings. The van der Waals surface area contributed by atoms with Crippen LogP contribution in [0.3, 0.4) is 0 Å². The highest BCUT2D eigenvalue weighted by molar-refractivity contribution is 6.08. The SMILES string of the molecule is Cc1noc(C(C)C)c1C(=O)N1CCc2ccc(N3CCOCC3)cc21. The number of carbonyl (C=O) groups excluding carboxylic acids is 1. The zero-order valence-electron chi connectivity index (χ0n) is 15.6. The highest BCUT2D eigenvalue weighted by Crippen LogP contribution is 2.35. The second-order valence-electron chi connectivity index (χ2n) is 7.28. The van der Waals surface area contributed by atoms with Gasteiger partial charge >= 0.3 is 0 Å². The van der Waals surface area contributed by atoms with Crippen molar-refractivity contribution in [3.63, 3.8) is 0 Å². The van der Waals surface area contributed by atoms with E-state index >= 15 is 0 Å². The largest absolute Gasteiger partial charge is 0.378 e. The topological polar surface area (TPSA) is 58.8 Å². The van der Waals surface area contributed by atoms with Crippen molar-refractivity contribution >= 4 is 17.3 Å². The van der Waals surface area contributed by atoms with Gasteiger partial charge in [0.05, 0.1) is 18.9 Å². The molecule has 0 atom stereocenters. The number of aromatic nitrogens is 1. The third-order valence-corrected chi connectivity index (χ3v) is 5.21. The molecule has 2 aliphatic rings. The lowest BCUT2D eigenvalue weighted by atomic mass is 10.0. The average Bonchev–Trinajstić information content (AvgIpc) is 3.25. The first kappa shape index (κ1) is 17.1. The Bertz CT molecular complexity index is 822. The van der Waals surface area contributed by atoms with Crippen LogP contribution in [-0.2, 0) is 11.2 Å². The molecule has 2 aliphatic heterocycles. The van der Waals surface area contributed by atoms with Gasteiger partial charge in [0, 0.05) is 36.9 Å². The van der Waals surface area contributed by atoms with Gasteiger partial charge in [-0.15, -0.1) is 0 Å². The number of carbonyl (C=O) groups is 1. The fourth-order valence-electron chi connectivity index (χ4n) is 3.77. The zero-order chi connectivity index (χ0) is 18.3. The molecule has 0 spiro atoms. The third-order valence-electron chi connectivity index (χ3n) is 5.21. The summed E-state index contributed by atoms with van der Waals surface area (Å²) in [5, 5.41) is 4.03. The summed E-state index contributed by atoms with van der Waals surface area (Å²) in [6.07, 6.45) is 0.881. The van der Waals surface area contributed by atoms with Crippen LogP contribution in [0, 0.1) is 6.92 Å². The van der Waals surface area contributed by atoms with E-state index in [9.17, 15) is 4.79 Å². The molecule has 1 fully saturated rings. The number of benzene rings is 1. The molecule has 6 heteroatoms. The van der Waals surface area contributed by atoms with E-state index < -0.39 is 0 Å². The van der Waals surface area contributed by atoms with Crippen LogP contribution in [0.1, 0.15) is 47.1 Å². The molecule has 0 N–H and O–H groups in total. The summed E-state index contributed by atoms with van der Waals surface area (Å²) < 4.78 is 10.9. The van der Waals surface area contributed by atoms with Crippen LogP contribution < -0.4 is 9.80 Å². The molecule has 1 aromatic carbocycles. The maximum Gasteiger partial charge on any atom is 0.263 e. The van der Waals surface area contributed by atoms with Gasteiger partial charge in [0.2, 0.25) is 0 Å². The number of anilines is 2. The molecule has 138 valence electrons. The molecule has 1 aromatic heterocycles. The van der Waals surface area contributed by atoms with E-state index in [-0.39, 0.29) is 11.8 Å². The monoisotopic (exact) mass is 355 g/mol. The average molecular weight is 355 g/mol. The molecule has 3 heterocycles. The van der Waals surface area contributed by atoms with Gasteiger partial charge in [0.1, 0.15) is 5.56 Å². The normalized spacial score (nSPS) is 17.1. The first-order valence-corrected chi connectivity index (χ1v) is 9.30. The maximum atomic E-state index is 13.3. The van der Waals surface area contributed by atoms with Crippen molar-refractivity contribution in [3.8, 4) is 0 Å². The number of fused-ring (bicyclic) bond motifs is 1. The van der Waals surface area contributed by atoms with Gasteiger partial charge in [-0.25, -0.2) is 0 Å². The zero-order valence-corrected chi connectivity index (χ0v) is 15.6. The van der Waals surface area contributed by atoms with E-state index in [4.69, 9.17) is 9.26 Å². The lowest BCUT2D eigenvalue weighted by Crippen LogP contribution is -2.36. The number of aryl methyl sites for hydroxylation is 1. The minimum Gasteiger partial charge on any atom is -0.378 e. The molecule has 0 unspecified atom stereocenters. The third kappa shape index (κ3) is 2.88. The van der Waals surface area contributed by atoms with Gasteiger partial charge < -0.3 is 19.1 Å². The van der Waals surface area contributed by atoms with E-state index in [1.54, 1.807) is 0 Å². The van der Waals surface area contributed by atoms with E-state index in [0.29, 0.717) is 23.6 Å². The summed E-state index contributed by atoms with van der Waals surface area (Å²) in [7, 11) is 0. The van der Waals surface area contributed by atoms with E-state index in [1.807, 2.05) is 25.7 Å². The molecule has 26 heavy (non-hydrogen) atoms. The number of rotatable bonds is 3. The van der Waals surface area contributed by atoms with Gasteiger partial charge in [-0.1, -0.05) is 25.1 Å². The van der Waals surface area contributed by atoms with Crippen molar-refractivity contribution in [2.75, 3.05) is 42.6 Å². The molecule has 6 nitrogen and oxygen atoms in total. The summed E-state index contributed by atoms with van der Waals surface area (Å²) in [6.45, 7) is 9.84. The van der Waals surface area contributed by atoms with Crippen LogP contribution in [0.2, 0.25) is 0 Å². The van der Waals surface area contributed by atoms with Crippen LogP contribution in [0.5, 0.6) is 0 Å². The van der Waals surface area contributed by atoms with Crippen LogP contribution in [-0.4, -0.2) is 43.9 Å². The Kier molecular flexibility index (Phi) is 4.44. The predicted molar refractivity (Wildman–Crippen MR) is 100 cm³/mol. The van der Waals surface area contributed by atoms with Gasteiger partial charge in [-0.2, -0.15) is 0 Å². The maximum absolute atomic E-state index is 13.3. The summed E-state index contributed by atoms with van der Waals surface area (Å²) in [5.74, 6) is 0.785. The Labute approximate surface area is 153 Å². The highest BCUT2D eigenvalue weighted by atomic mass is 16.5. The summed E-state index contributed by atoms with van der Waals surface area (Å²) in [4.78, 5) is 17.5. The highest BCUT2D eigenvalue weighted by Gasteiger charge is 2.31. The van der Waals surface area contributed by atoms with Gasteiger partial charge in [0.15, 0.2) is 5.76 Å². The molecule has 0 bridgehead atoms. The van der Waals surface area contributed by atoms with Crippen molar-refractivity contribution in [2.24, 2.45) is 0 Å². The van der Waals surface area contributed by atoms with Crippen molar-refractivity contribution in [1.82, 2.24) is 5.16 Å². The second-order valence-corrected chi connectivity index (χ2v) is 7.28. The molecular formula is C20H25N3O3. The predicted octanol–water partition coefficient (Wildman–Crippen LogP) is 3.15. The van der Waals surface area contributed by atoms with E-state index in [2.05, 4.69) is 28.3 Å². The van der Waals surface area contributed by atoms with E-state index in [0.717, 1.165) is 44.1 Å². The fraction of sp³-hybridized carbons (Fsp3) is 0.500. The minimum atomic E-state index is -0.00896. The first-order chi connectivity index (χ1) is 12.6. The number of morpholine rings is 1. The van der Waals surface area contributed by atoms with Crippen molar-refractivity contribution in [2.45, 2.75) is 33.1 Å². The number of hydrogen-bond acceptors (Lipinski definition) is 5. The number of amides is 1. The van der Waals surface area contributed by atoms with E-state index in [1.165, 1.54) is 5.56 Å². The van der Waals surface area contributed by atoms with Crippen molar-refractivity contribution in [3.05, 3.63) is 40.8 Å². The standard InChI is InChI=1S/C20H25N3O3/c1-13(2)19-18(14(3)21-26-19)20(24)23-7-6-15-4-5-16(12-17(15)23)22-8-10-25-11-9-22/h4-5,12-13H,6-11H2,1-3H3. The lowest BCUT2D eigenvalue weighted by molar-refractivity contribution is 0.0986. The first-order valence-electron chi connectivity index (χ1n) is 9.30. The Balaban J connectivity index is 1.67. The number of nitrogens with zero attached hydrogens (tertiary/aromatic N) is 3. The molecular weight excluding hydrogens is 330 g/mol.